The Morgan fingerprint density at radius 2 is 1.69 bits per heavy atom. The highest BCUT2D eigenvalue weighted by Gasteiger charge is 2.56. The zero-order chi connectivity index (χ0) is 44.2. The average Bonchev–Trinajstić information content (AvgIpc) is 3.17. The van der Waals surface area contributed by atoms with E-state index >= 15 is 4.39 Å². The lowest BCUT2D eigenvalue weighted by Crippen LogP contribution is -2.61. The van der Waals surface area contributed by atoms with Gasteiger partial charge in [-0.2, -0.15) is 0 Å². The molecule has 3 aliphatic rings. The van der Waals surface area contributed by atoms with Crippen LogP contribution in [-0.4, -0.2) is 137 Å². The molecule has 3 fully saturated rings. The number of likely N-dealkylation sites (N-methyl/N-ethyl adjacent to an activating group) is 1. The summed E-state index contributed by atoms with van der Waals surface area (Å²) >= 11 is 0. The Hall–Kier alpha value is -3.71. The number of fused-ring (bicyclic) bond motifs is 5. The number of hydrogen-bond donors (Lipinski definition) is 3. The van der Waals surface area contributed by atoms with Gasteiger partial charge in [0.15, 0.2) is 12.1 Å². The third-order valence-electron chi connectivity index (χ3n) is 11.8. The van der Waals surface area contributed by atoms with E-state index in [4.69, 9.17) is 34.3 Å². The van der Waals surface area contributed by atoms with Gasteiger partial charge in [0.25, 0.3) is 5.67 Å². The van der Waals surface area contributed by atoms with Gasteiger partial charge in [0.05, 0.1) is 37.1 Å². The number of ketones is 1. The minimum absolute atomic E-state index is 0.0128. The van der Waals surface area contributed by atoms with Gasteiger partial charge in [-0.3, -0.25) is 14.4 Å². The largest absolute Gasteiger partial charge is 0.457 e. The van der Waals surface area contributed by atoms with Crippen LogP contribution >= 0.6 is 0 Å². The fourth-order valence-electron chi connectivity index (χ4n) is 8.57. The summed E-state index contributed by atoms with van der Waals surface area (Å²) in [5.41, 5.74) is -0.0330. The molecule has 17 heteroatoms. The summed E-state index contributed by atoms with van der Waals surface area (Å²) in [6.45, 7) is 12.8. The van der Waals surface area contributed by atoms with E-state index in [1.54, 1.807) is 66.1 Å². The summed E-state index contributed by atoms with van der Waals surface area (Å²) in [5, 5.41) is 28.3. The van der Waals surface area contributed by atoms with Crippen LogP contribution in [0, 0.1) is 17.8 Å². The van der Waals surface area contributed by atoms with Crippen molar-refractivity contribution in [3.8, 4) is 0 Å². The average molecular weight is 835 g/mol. The van der Waals surface area contributed by atoms with Crippen LogP contribution in [0.1, 0.15) is 97.5 Å². The number of ether oxygens (including phenoxy) is 5. The van der Waals surface area contributed by atoms with Crippen molar-refractivity contribution >= 4 is 35.0 Å². The summed E-state index contributed by atoms with van der Waals surface area (Å²) in [4.78, 5) is 64.6. The molecule has 0 radical (unpaired) electrons. The molecule has 16 nitrogen and oxygen atoms in total. The van der Waals surface area contributed by atoms with E-state index in [2.05, 4.69) is 10.1 Å². The number of cyclic esters (lactones) is 1. The van der Waals surface area contributed by atoms with Crippen molar-refractivity contribution < 1.29 is 62.3 Å². The van der Waals surface area contributed by atoms with Gasteiger partial charge in [0.2, 0.25) is 11.8 Å². The number of amides is 2. The lowest BCUT2D eigenvalue weighted by atomic mass is 9.73. The van der Waals surface area contributed by atoms with Crippen molar-refractivity contribution in [2.45, 2.75) is 148 Å². The van der Waals surface area contributed by atoms with Gasteiger partial charge in [-0.25, -0.2) is 14.2 Å². The standard InChI is InChI=1S/C42H63FN4O12/c1-12-31-42(9,53)36-24(4)32(45-26(6)48)22(2)18-40(7,55-21-29(20-54-36)46-56-19-27-13-15-28(16-14-27)37(44)51)35(25(5)34(50)41(8,43)39(52)58-31)59-38-33(49)30(47(10)11)17-23(3)57-38/h13-16,22-25,30-31,33,35-36,38,49,53H,12,17-21H2,1-11H3,(H2,44,51)/b45-32?,46-29+/t22-,23-,24+,25+,30+,31-,33-,35-,36-,38+,40-,41+,42-/m1/s1. The molecule has 1 aromatic carbocycles. The van der Waals surface area contributed by atoms with Crippen LogP contribution in [-0.2, 0) is 49.5 Å². The molecule has 3 saturated heterocycles. The summed E-state index contributed by atoms with van der Waals surface area (Å²) < 4.78 is 48.5. The van der Waals surface area contributed by atoms with Crippen LogP contribution in [0.4, 0.5) is 4.39 Å². The van der Waals surface area contributed by atoms with Crippen molar-refractivity contribution in [2.24, 2.45) is 33.6 Å². The topological polar surface area (TPSA) is 218 Å². The minimum Gasteiger partial charge on any atom is -0.457 e. The molecule has 1 aromatic rings. The molecule has 13 atom stereocenters. The van der Waals surface area contributed by atoms with Crippen molar-refractivity contribution in [1.82, 2.24) is 4.90 Å². The number of benzene rings is 1. The Labute approximate surface area is 345 Å². The second kappa shape index (κ2) is 19.3. The highest BCUT2D eigenvalue weighted by Crippen LogP contribution is 2.41. The summed E-state index contributed by atoms with van der Waals surface area (Å²) in [5.74, 6) is -6.77. The number of oxime groups is 1. The molecule has 4 rings (SSSR count). The van der Waals surface area contributed by atoms with Gasteiger partial charge >= 0.3 is 5.97 Å². The van der Waals surface area contributed by atoms with E-state index < -0.39 is 101 Å². The number of hydrogen-bond acceptors (Lipinski definition) is 14. The summed E-state index contributed by atoms with van der Waals surface area (Å²) in [7, 11) is 3.61. The molecule has 59 heavy (non-hydrogen) atoms. The molecule has 0 aromatic heterocycles. The maximum atomic E-state index is 16.9. The number of carbonyl (C=O) groups is 4. The van der Waals surface area contributed by atoms with Crippen LogP contribution < -0.4 is 5.73 Å². The Kier molecular flexibility index (Phi) is 15.7. The molecule has 0 saturated carbocycles. The number of nitrogens with two attached hydrogens (primary N) is 1. The first kappa shape index (κ1) is 48.0. The number of carbonyl (C=O) groups excluding carboxylic acids is 4. The van der Waals surface area contributed by atoms with Crippen LogP contribution in [0.3, 0.4) is 0 Å². The summed E-state index contributed by atoms with van der Waals surface area (Å²) in [6, 6.07) is 6.00. The van der Waals surface area contributed by atoms with Crippen LogP contribution in [0.2, 0.25) is 0 Å². The zero-order valence-electron chi connectivity index (χ0n) is 36.1. The number of rotatable bonds is 8. The first-order valence-corrected chi connectivity index (χ1v) is 20.2. The molecule has 3 heterocycles. The monoisotopic (exact) mass is 834 g/mol. The van der Waals surface area contributed by atoms with E-state index in [-0.39, 0.29) is 38.4 Å². The molecule has 0 spiro atoms. The number of Topliss-reactive ketones (excluding diaryl/α,β-unsaturated/α-hetero) is 1. The highest BCUT2D eigenvalue weighted by molar-refractivity contribution is 6.08. The molecule has 2 bridgehead atoms. The number of nitrogens with zero attached hydrogens (tertiary/aromatic N) is 3. The maximum Gasteiger partial charge on any atom is 0.351 e. The number of halogens is 1. The third-order valence-corrected chi connectivity index (χ3v) is 11.8. The van der Waals surface area contributed by atoms with Gasteiger partial charge in [-0.15, -0.1) is 0 Å². The number of alkyl halides is 1. The molecule has 3 aliphatic heterocycles. The predicted molar refractivity (Wildman–Crippen MR) is 214 cm³/mol. The van der Waals surface area contributed by atoms with Crippen LogP contribution in [0.25, 0.3) is 0 Å². The number of aliphatic hydroxyl groups excluding tert-OH is 1. The van der Waals surface area contributed by atoms with Crippen molar-refractivity contribution in [2.75, 3.05) is 27.3 Å². The van der Waals surface area contributed by atoms with Gasteiger partial charge in [0, 0.05) is 36.1 Å². The Morgan fingerprint density at radius 3 is 2.27 bits per heavy atom. The fraction of sp³-hybridized carbons (Fsp3) is 0.714. The minimum atomic E-state index is -3.23. The Bertz CT molecular complexity index is 1740. The molecule has 4 N–H and O–H groups in total. The first-order valence-electron chi connectivity index (χ1n) is 20.2. The maximum absolute atomic E-state index is 16.9. The van der Waals surface area contributed by atoms with E-state index in [9.17, 15) is 29.4 Å². The van der Waals surface area contributed by atoms with E-state index in [0.717, 1.165) is 6.92 Å². The zero-order valence-corrected chi connectivity index (χ0v) is 36.1. The normalized spacial score (nSPS) is 39.2. The fourth-order valence-corrected chi connectivity index (χ4v) is 8.57. The van der Waals surface area contributed by atoms with Crippen molar-refractivity contribution in [3.63, 3.8) is 0 Å². The second-order valence-corrected chi connectivity index (χ2v) is 17.1. The molecule has 0 unspecified atom stereocenters. The molecule has 2 amide bonds. The summed E-state index contributed by atoms with van der Waals surface area (Å²) in [6.07, 6.45) is -6.60. The molecule has 0 aliphatic carbocycles. The van der Waals surface area contributed by atoms with E-state index in [1.165, 1.54) is 20.8 Å². The second-order valence-electron chi connectivity index (χ2n) is 17.1. The van der Waals surface area contributed by atoms with Crippen LogP contribution in [0.15, 0.2) is 34.4 Å². The quantitative estimate of drug-likeness (QED) is 0.195. The SMILES string of the molecule is CC[C@H]1OC(=O)[C@@](C)(F)C(=O)[C@H](C)[C@@H](O[C@@H]2O[C@H](C)C[C@H](N(C)C)[C@H]2O)[C@@]2(C)C[C@@H](C)C(=NC(C)=O)[C@H](C)[C@@H](OC/C(=N\OCc3ccc(C(N)=O)cc3)CO2)[C@]1(C)O. The Morgan fingerprint density at radius 1 is 1.05 bits per heavy atom. The lowest BCUT2D eigenvalue weighted by Gasteiger charge is -2.47. The smallest absolute Gasteiger partial charge is 0.351 e. The first-order chi connectivity index (χ1) is 27.4. The lowest BCUT2D eigenvalue weighted by molar-refractivity contribution is -0.296. The van der Waals surface area contributed by atoms with Gasteiger partial charge in [-0.05, 0) is 84.7 Å². The van der Waals surface area contributed by atoms with Gasteiger partial charge in [0.1, 0.15) is 30.1 Å². The number of aliphatic imine (C=N–C) groups is 1. The predicted octanol–water partition coefficient (Wildman–Crippen LogP) is 3.31. The van der Waals surface area contributed by atoms with Crippen molar-refractivity contribution in [1.29, 1.82) is 0 Å². The molecular formula is C42H63FN4O12. The number of aliphatic hydroxyl groups is 2. The van der Waals surface area contributed by atoms with Gasteiger partial charge < -0.3 is 49.4 Å². The highest BCUT2D eigenvalue weighted by atomic mass is 19.1. The van der Waals surface area contributed by atoms with E-state index in [0.29, 0.717) is 23.3 Å². The molecule has 330 valence electrons. The number of primary amides is 1. The van der Waals surface area contributed by atoms with Crippen LogP contribution in [0.5, 0.6) is 0 Å². The van der Waals surface area contributed by atoms with E-state index in [1.807, 2.05) is 11.8 Å². The Balaban J connectivity index is 1.95. The number of esters is 1. The van der Waals surface area contributed by atoms with Crippen molar-refractivity contribution in [3.05, 3.63) is 35.4 Å². The third kappa shape index (κ3) is 11.0. The van der Waals surface area contributed by atoms with Gasteiger partial charge in [-0.1, -0.05) is 45.0 Å². The molecular weight excluding hydrogens is 771 g/mol.